The lowest BCUT2D eigenvalue weighted by Gasteiger charge is -2.06. The number of hydrogen-bond acceptors (Lipinski definition) is 3. The smallest absolute Gasteiger partial charge is 0.151 e. The Balaban J connectivity index is 2.88. The summed E-state index contributed by atoms with van der Waals surface area (Å²) >= 11 is 1.59. The van der Waals surface area contributed by atoms with Crippen LogP contribution in [0.25, 0.3) is 10.1 Å². The second kappa shape index (κ2) is 3.42. The molecule has 2 rings (SSSR count). The number of hydrogen-bond donors (Lipinski definition) is 1. The van der Waals surface area contributed by atoms with Crippen LogP contribution in [-0.4, -0.2) is 6.29 Å². The van der Waals surface area contributed by atoms with Gasteiger partial charge in [0.15, 0.2) is 6.29 Å². The van der Waals surface area contributed by atoms with Crippen molar-refractivity contribution >= 4 is 33.4 Å². The average Bonchev–Trinajstić information content (AvgIpc) is 2.65. The quantitative estimate of drug-likeness (QED) is 0.605. The van der Waals surface area contributed by atoms with E-state index in [0.717, 1.165) is 34.0 Å². The van der Waals surface area contributed by atoms with Crippen molar-refractivity contribution in [1.29, 1.82) is 0 Å². The predicted octanol–water partition coefficient (Wildman–Crippen LogP) is 2.86. The molecule has 1 heterocycles. The van der Waals surface area contributed by atoms with E-state index in [1.54, 1.807) is 17.4 Å². The van der Waals surface area contributed by atoms with Crippen LogP contribution in [0.1, 0.15) is 22.8 Å². The fraction of sp³-hybridized carbons (Fsp3) is 0.182. The summed E-state index contributed by atoms with van der Waals surface area (Å²) in [5.41, 5.74) is 8.45. The van der Waals surface area contributed by atoms with Gasteiger partial charge in [-0.2, -0.15) is 0 Å². The Morgan fingerprint density at radius 1 is 1.57 bits per heavy atom. The number of carbonyl (C=O) groups is 1. The van der Waals surface area contributed by atoms with Gasteiger partial charge in [0, 0.05) is 16.0 Å². The summed E-state index contributed by atoms with van der Waals surface area (Å²) in [7, 11) is 0. The molecule has 0 aliphatic carbocycles. The van der Waals surface area contributed by atoms with Gasteiger partial charge in [0.1, 0.15) is 0 Å². The molecular weight excluding hydrogens is 194 g/mol. The van der Waals surface area contributed by atoms with Crippen molar-refractivity contribution in [3.05, 3.63) is 28.6 Å². The van der Waals surface area contributed by atoms with Crippen LogP contribution in [0.2, 0.25) is 0 Å². The third-order valence-corrected chi connectivity index (χ3v) is 3.36. The maximum Gasteiger partial charge on any atom is 0.151 e. The second-order valence-corrected chi connectivity index (χ2v) is 4.08. The highest BCUT2D eigenvalue weighted by molar-refractivity contribution is 7.17. The Morgan fingerprint density at radius 2 is 2.36 bits per heavy atom. The fourth-order valence-electron chi connectivity index (χ4n) is 1.73. The van der Waals surface area contributed by atoms with Crippen LogP contribution in [0.4, 0.5) is 5.69 Å². The minimum absolute atomic E-state index is 0.699. The molecule has 0 aliphatic rings. The number of nitrogens with two attached hydrogens (primary N) is 1. The molecule has 0 atom stereocenters. The van der Waals surface area contributed by atoms with Crippen LogP contribution >= 0.6 is 11.3 Å². The molecule has 0 fully saturated rings. The van der Waals surface area contributed by atoms with Gasteiger partial charge in [-0.05, 0) is 34.9 Å². The summed E-state index contributed by atoms with van der Waals surface area (Å²) in [6.45, 7) is 2.07. The number of thiophene rings is 1. The van der Waals surface area contributed by atoms with Crippen LogP contribution in [0.3, 0.4) is 0 Å². The molecule has 0 radical (unpaired) electrons. The van der Waals surface area contributed by atoms with Gasteiger partial charge in [-0.3, -0.25) is 4.79 Å². The van der Waals surface area contributed by atoms with E-state index in [-0.39, 0.29) is 0 Å². The van der Waals surface area contributed by atoms with Crippen LogP contribution < -0.4 is 5.73 Å². The molecule has 0 amide bonds. The molecular formula is C11H11NOS. The SMILES string of the molecule is CCc1c(N)cc(C=O)c2sccc12. The third kappa shape index (κ3) is 1.21. The van der Waals surface area contributed by atoms with E-state index in [0.29, 0.717) is 5.56 Å². The number of aryl methyl sites for hydroxylation is 1. The molecule has 14 heavy (non-hydrogen) atoms. The normalized spacial score (nSPS) is 10.6. The number of anilines is 1. The van der Waals surface area contributed by atoms with Gasteiger partial charge in [0.05, 0.1) is 0 Å². The van der Waals surface area contributed by atoms with Gasteiger partial charge >= 0.3 is 0 Å². The molecule has 1 aromatic carbocycles. The highest BCUT2D eigenvalue weighted by Gasteiger charge is 2.09. The lowest BCUT2D eigenvalue weighted by molar-refractivity contribution is 0.112. The van der Waals surface area contributed by atoms with E-state index in [2.05, 4.69) is 6.92 Å². The second-order valence-electron chi connectivity index (χ2n) is 3.17. The topological polar surface area (TPSA) is 43.1 Å². The molecule has 0 unspecified atom stereocenters. The summed E-state index contributed by atoms with van der Waals surface area (Å²) in [6, 6.07) is 3.80. The lowest BCUT2D eigenvalue weighted by atomic mass is 10.0. The summed E-state index contributed by atoms with van der Waals surface area (Å²) in [4.78, 5) is 10.8. The van der Waals surface area contributed by atoms with Gasteiger partial charge in [0.25, 0.3) is 0 Å². The standard InChI is InChI=1S/C11H11NOS/c1-2-8-9-3-4-14-11(9)7(6-13)5-10(8)12/h3-6H,2,12H2,1H3. The van der Waals surface area contributed by atoms with Gasteiger partial charge in [0.2, 0.25) is 0 Å². The monoisotopic (exact) mass is 205 g/mol. The third-order valence-electron chi connectivity index (χ3n) is 2.39. The highest BCUT2D eigenvalue weighted by atomic mass is 32.1. The number of carbonyl (C=O) groups excluding carboxylic acids is 1. The molecule has 72 valence electrons. The van der Waals surface area contributed by atoms with Crippen molar-refractivity contribution in [1.82, 2.24) is 0 Å². The first-order chi connectivity index (χ1) is 6.77. The lowest BCUT2D eigenvalue weighted by Crippen LogP contribution is -1.95. The van der Waals surface area contributed by atoms with E-state index in [9.17, 15) is 4.79 Å². The zero-order chi connectivity index (χ0) is 10.1. The molecule has 0 spiro atoms. The number of fused-ring (bicyclic) bond motifs is 1. The Bertz CT molecular complexity index is 487. The van der Waals surface area contributed by atoms with Gasteiger partial charge in [-0.1, -0.05) is 6.92 Å². The van der Waals surface area contributed by atoms with E-state index < -0.39 is 0 Å². The highest BCUT2D eigenvalue weighted by Crippen LogP contribution is 2.31. The van der Waals surface area contributed by atoms with Crippen molar-refractivity contribution in [2.45, 2.75) is 13.3 Å². The maximum absolute atomic E-state index is 10.8. The largest absolute Gasteiger partial charge is 0.398 e. The van der Waals surface area contributed by atoms with E-state index in [1.807, 2.05) is 11.4 Å². The Hall–Kier alpha value is -1.35. The Morgan fingerprint density at radius 3 is 3.00 bits per heavy atom. The van der Waals surface area contributed by atoms with Crippen molar-refractivity contribution < 1.29 is 4.79 Å². The van der Waals surface area contributed by atoms with Gasteiger partial charge < -0.3 is 5.73 Å². The fourth-order valence-corrected chi connectivity index (χ4v) is 2.63. The van der Waals surface area contributed by atoms with Crippen LogP contribution in [0.15, 0.2) is 17.5 Å². The van der Waals surface area contributed by atoms with Crippen LogP contribution in [0, 0.1) is 0 Å². The van der Waals surface area contributed by atoms with Gasteiger partial charge in [-0.15, -0.1) is 11.3 Å². The molecule has 2 N–H and O–H groups in total. The molecule has 0 bridgehead atoms. The molecule has 0 saturated heterocycles. The summed E-state index contributed by atoms with van der Waals surface area (Å²) < 4.78 is 1.05. The zero-order valence-corrected chi connectivity index (χ0v) is 8.73. The average molecular weight is 205 g/mol. The van der Waals surface area contributed by atoms with Crippen LogP contribution in [0.5, 0.6) is 0 Å². The number of aldehydes is 1. The first-order valence-electron chi connectivity index (χ1n) is 4.51. The van der Waals surface area contributed by atoms with E-state index in [4.69, 9.17) is 5.73 Å². The minimum Gasteiger partial charge on any atom is -0.398 e. The molecule has 0 saturated carbocycles. The molecule has 1 aromatic heterocycles. The summed E-state index contributed by atoms with van der Waals surface area (Å²) in [5.74, 6) is 0. The van der Waals surface area contributed by atoms with Crippen molar-refractivity contribution in [2.24, 2.45) is 0 Å². The first-order valence-corrected chi connectivity index (χ1v) is 5.39. The molecule has 2 nitrogen and oxygen atoms in total. The number of nitrogen functional groups attached to an aromatic ring is 1. The van der Waals surface area contributed by atoms with E-state index in [1.165, 1.54) is 0 Å². The van der Waals surface area contributed by atoms with Crippen molar-refractivity contribution in [3.8, 4) is 0 Å². The molecule has 0 aliphatic heterocycles. The van der Waals surface area contributed by atoms with Crippen molar-refractivity contribution in [2.75, 3.05) is 5.73 Å². The van der Waals surface area contributed by atoms with Crippen LogP contribution in [-0.2, 0) is 6.42 Å². The maximum atomic E-state index is 10.8. The van der Waals surface area contributed by atoms with Crippen molar-refractivity contribution in [3.63, 3.8) is 0 Å². The van der Waals surface area contributed by atoms with E-state index >= 15 is 0 Å². The Kier molecular flexibility index (Phi) is 2.25. The van der Waals surface area contributed by atoms with Gasteiger partial charge in [-0.25, -0.2) is 0 Å². The molecule has 3 heteroatoms. The summed E-state index contributed by atoms with van der Waals surface area (Å²) in [5, 5.41) is 3.12. The minimum atomic E-state index is 0.699. The molecule has 2 aromatic rings. The predicted molar refractivity (Wildman–Crippen MR) is 61.0 cm³/mol. The number of benzene rings is 1. The Labute approximate surface area is 86.3 Å². The summed E-state index contributed by atoms with van der Waals surface area (Å²) in [6.07, 6.45) is 1.77. The first kappa shape index (κ1) is 9.21. The zero-order valence-electron chi connectivity index (χ0n) is 7.91. The number of rotatable bonds is 2.